The Labute approximate surface area is 77.8 Å². The Morgan fingerprint density at radius 3 is 2.69 bits per heavy atom. The van der Waals surface area contributed by atoms with Gasteiger partial charge in [0, 0.05) is 12.2 Å². The van der Waals surface area contributed by atoms with E-state index in [-0.39, 0.29) is 13.2 Å². The quantitative estimate of drug-likeness (QED) is 0.463. The van der Waals surface area contributed by atoms with Crippen molar-refractivity contribution in [3.05, 3.63) is 12.2 Å². The van der Waals surface area contributed by atoms with E-state index in [1.165, 1.54) is 6.92 Å². The predicted molar refractivity (Wildman–Crippen MR) is 48.1 cm³/mol. The average molecular weight is 188 g/mol. The first-order chi connectivity index (χ1) is 6.07. The van der Waals surface area contributed by atoms with Crippen molar-refractivity contribution in [2.75, 3.05) is 13.2 Å². The zero-order valence-corrected chi connectivity index (χ0v) is 7.82. The minimum absolute atomic E-state index is 0.0169. The first-order valence-electron chi connectivity index (χ1n) is 4.21. The molecule has 0 rings (SSSR count). The van der Waals surface area contributed by atoms with E-state index in [2.05, 4.69) is 6.58 Å². The lowest BCUT2D eigenvalue weighted by Crippen LogP contribution is -2.16. The highest BCUT2D eigenvalue weighted by Crippen LogP contribution is 2.04. The van der Waals surface area contributed by atoms with Crippen molar-refractivity contribution in [3.63, 3.8) is 0 Å². The van der Waals surface area contributed by atoms with Gasteiger partial charge in [-0.25, -0.2) is 4.79 Å². The van der Waals surface area contributed by atoms with Gasteiger partial charge in [0.15, 0.2) is 0 Å². The molecular weight excluding hydrogens is 172 g/mol. The molecule has 0 fully saturated rings. The maximum Gasteiger partial charge on any atom is 0.333 e. The first-order valence-corrected chi connectivity index (χ1v) is 4.21. The maximum absolute atomic E-state index is 11.0. The highest BCUT2D eigenvalue weighted by molar-refractivity contribution is 5.87. The van der Waals surface area contributed by atoms with Gasteiger partial charge in [-0.05, 0) is 19.8 Å². The molecule has 1 unspecified atom stereocenters. The van der Waals surface area contributed by atoms with Gasteiger partial charge in [0.2, 0.25) is 0 Å². The number of carbonyl (C=O) groups excluding carboxylic acids is 1. The summed E-state index contributed by atoms with van der Waals surface area (Å²) in [5.74, 6) is -0.505. The van der Waals surface area contributed by atoms with E-state index in [0.717, 1.165) is 0 Å². The Balaban J connectivity index is 3.64. The molecule has 0 saturated carbocycles. The molecule has 0 spiro atoms. The van der Waals surface area contributed by atoms with Gasteiger partial charge in [-0.1, -0.05) is 6.58 Å². The van der Waals surface area contributed by atoms with Crippen molar-refractivity contribution in [2.24, 2.45) is 0 Å². The molecule has 0 aromatic heterocycles. The number of esters is 1. The molecule has 0 aromatic rings. The van der Waals surface area contributed by atoms with Gasteiger partial charge in [0.1, 0.15) is 6.61 Å². The van der Waals surface area contributed by atoms with E-state index in [0.29, 0.717) is 18.4 Å². The van der Waals surface area contributed by atoms with E-state index < -0.39 is 12.1 Å². The third-order valence-corrected chi connectivity index (χ3v) is 1.38. The molecule has 1 atom stereocenters. The first kappa shape index (κ1) is 12.1. The summed E-state index contributed by atoms with van der Waals surface area (Å²) in [4.78, 5) is 11.0. The molecular formula is C9H16O4. The summed E-state index contributed by atoms with van der Waals surface area (Å²) in [5.41, 5.74) is 0.328. The monoisotopic (exact) mass is 188 g/mol. The number of carbonyl (C=O) groups is 1. The van der Waals surface area contributed by atoms with Crippen LogP contribution in [0.4, 0.5) is 0 Å². The van der Waals surface area contributed by atoms with Gasteiger partial charge in [-0.2, -0.15) is 0 Å². The van der Waals surface area contributed by atoms with Gasteiger partial charge >= 0.3 is 5.97 Å². The van der Waals surface area contributed by atoms with Crippen LogP contribution in [0.5, 0.6) is 0 Å². The minimum atomic E-state index is -0.658. The molecule has 76 valence electrons. The fraction of sp³-hybridized carbons (Fsp3) is 0.667. The summed E-state index contributed by atoms with van der Waals surface area (Å²) in [6, 6.07) is 0. The molecule has 0 aliphatic rings. The second-order valence-electron chi connectivity index (χ2n) is 2.88. The number of aliphatic hydroxyl groups excluding tert-OH is 2. The van der Waals surface area contributed by atoms with Crippen molar-refractivity contribution in [1.29, 1.82) is 0 Å². The van der Waals surface area contributed by atoms with Gasteiger partial charge in [-0.3, -0.25) is 0 Å². The zero-order valence-electron chi connectivity index (χ0n) is 7.82. The van der Waals surface area contributed by atoms with Crippen LogP contribution in [0.1, 0.15) is 19.8 Å². The molecule has 2 N–H and O–H groups in total. The van der Waals surface area contributed by atoms with Crippen molar-refractivity contribution in [3.8, 4) is 0 Å². The highest BCUT2D eigenvalue weighted by atomic mass is 16.5. The lowest BCUT2D eigenvalue weighted by Gasteiger charge is -2.07. The molecule has 0 bridgehead atoms. The predicted octanol–water partition coefficient (Wildman–Crippen LogP) is 0.239. The fourth-order valence-corrected chi connectivity index (χ4v) is 0.693. The summed E-state index contributed by atoms with van der Waals surface area (Å²) in [6.45, 7) is 5.05. The lowest BCUT2D eigenvalue weighted by atomic mass is 10.2. The second kappa shape index (κ2) is 6.62. The van der Waals surface area contributed by atoms with Crippen LogP contribution in [0, 0.1) is 0 Å². The Kier molecular flexibility index (Phi) is 6.18. The van der Waals surface area contributed by atoms with E-state index >= 15 is 0 Å². The Morgan fingerprint density at radius 2 is 2.23 bits per heavy atom. The molecule has 0 aromatic carbocycles. The fourth-order valence-electron chi connectivity index (χ4n) is 0.693. The van der Waals surface area contributed by atoms with Crippen molar-refractivity contribution in [2.45, 2.75) is 25.9 Å². The Morgan fingerprint density at radius 1 is 1.62 bits per heavy atom. The summed E-state index contributed by atoms with van der Waals surface area (Å²) >= 11 is 0. The minimum Gasteiger partial charge on any atom is -0.460 e. The number of rotatable bonds is 6. The van der Waals surface area contributed by atoms with Crippen LogP contribution in [0.25, 0.3) is 0 Å². The summed E-state index contributed by atoms with van der Waals surface area (Å²) in [7, 11) is 0. The molecule has 0 aliphatic carbocycles. The molecule has 13 heavy (non-hydrogen) atoms. The third kappa shape index (κ3) is 6.31. The lowest BCUT2D eigenvalue weighted by molar-refractivity contribution is -0.141. The summed E-state index contributed by atoms with van der Waals surface area (Å²) < 4.78 is 4.69. The van der Waals surface area contributed by atoms with Crippen LogP contribution in [-0.2, 0) is 9.53 Å². The molecule has 4 nitrogen and oxygen atoms in total. The van der Waals surface area contributed by atoms with Gasteiger partial charge in [0.05, 0.1) is 6.10 Å². The number of ether oxygens (including phenoxy) is 1. The zero-order chi connectivity index (χ0) is 10.3. The van der Waals surface area contributed by atoms with E-state index in [1.807, 2.05) is 0 Å². The molecule has 0 amide bonds. The normalized spacial score (nSPS) is 12.2. The van der Waals surface area contributed by atoms with Gasteiger partial charge in [-0.15, -0.1) is 0 Å². The van der Waals surface area contributed by atoms with Crippen molar-refractivity contribution in [1.82, 2.24) is 0 Å². The van der Waals surface area contributed by atoms with Gasteiger partial charge in [0.25, 0.3) is 0 Å². The van der Waals surface area contributed by atoms with E-state index in [9.17, 15) is 4.79 Å². The molecule has 0 heterocycles. The van der Waals surface area contributed by atoms with E-state index in [1.54, 1.807) is 0 Å². The van der Waals surface area contributed by atoms with Crippen LogP contribution >= 0.6 is 0 Å². The average Bonchev–Trinajstić information content (AvgIpc) is 2.10. The van der Waals surface area contributed by atoms with Crippen LogP contribution in [0.15, 0.2) is 12.2 Å². The maximum atomic E-state index is 11.0. The molecule has 4 heteroatoms. The van der Waals surface area contributed by atoms with Gasteiger partial charge < -0.3 is 14.9 Å². The van der Waals surface area contributed by atoms with Crippen LogP contribution in [-0.4, -0.2) is 35.5 Å². The number of hydrogen-bond donors (Lipinski definition) is 2. The van der Waals surface area contributed by atoms with Crippen LogP contribution in [0.3, 0.4) is 0 Å². The largest absolute Gasteiger partial charge is 0.460 e. The summed E-state index contributed by atoms with van der Waals surface area (Å²) in [5, 5.41) is 17.3. The van der Waals surface area contributed by atoms with Crippen LogP contribution in [0.2, 0.25) is 0 Å². The molecule has 0 saturated heterocycles. The topological polar surface area (TPSA) is 66.8 Å². The summed E-state index contributed by atoms with van der Waals surface area (Å²) in [6.07, 6.45) is 0.271. The Hall–Kier alpha value is -0.870. The third-order valence-electron chi connectivity index (χ3n) is 1.38. The molecule has 0 radical (unpaired) electrons. The standard InChI is InChI=1S/C9H16O4/c1-7(4-3-5-10)9(12)13-6-8(2)11/h8,10-11H,1,3-6H2,2H3. The number of hydrogen-bond acceptors (Lipinski definition) is 4. The molecule has 0 aliphatic heterocycles. The highest BCUT2D eigenvalue weighted by Gasteiger charge is 2.08. The smallest absolute Gasteiger partial charge is 0.333 e. The van der Waals surface area contributed by atoms with E-state index in [4.69, 9.17) is 14.9 Å². The number of aliphatic hydroxyl groups is 2. The van der Waals surface area contributed by atoms with Crippen molar-refractivity contribution >= 4 is 5.97 Å². The van der Waals surface area contributed by atoms with Crippen LogP contribution < -0.4 is 0 Å². The second-order valence-corrected chi connectivity index (χ2v) is 2.88. The Bertz CT molecular complexity index is 174. The van der Waals surface area contributed by atoms with Crippen molar-refractivity contribution < 1.29 is 19.7 Å². The SMILES string of the molecule is C=C(CCCO)C(=O)OCC(C)O.